The molecule has 74 valence electrons. The van der Waals surface area contributed by atoms with Gasteiger partial charge in [-0.15, -0.1) is 0 Å². The summed E-state index contributed by atoms with van der Waals surface area (Å²) in [5.74, 6) is 1.09. The number of hydrogen-bond acceptors (Lipinski definition) is 5. The summed E-state index contributed by atoms with van der Waals surface area (Å²) in [6.07, 6.45) is 0.995. The molecule has 0 atom stereocenters. The van der Waals surface area contributed by atoms with E-state index in [1.807, 2.05) is 0 Å². The number of oxazole rings is 1. The Labute approximate surface area is 76.9 Å². The first-order chi connectivity index (χ1) is 5.88. The van der Waals surface area contributed by atoms with E-state index >= 15 is 0 Å². The molecule has 0 bridgehead atoms. The normalized spacial score (nSPS) is 11.9. The van der Waals surface area contributed by atoms with Crippen molar-refractivity contribution in [1.29, 1.82) is 0 Å². The van der Waals surface area contributed by atoms with Crippen LogP contribution in [0.2, 0.25) is 0 Å². The van der Waals surface area contributed by atoms with Crippen LogP contribution in [0.1, 0.15) is 17.3 Å². The first kappa shape index (κ1) is 10.2. The Bertz CT molecular complexity index is 393. The van der Waals surface area contributed by atoms with Crippen molar-refractivity contribution in [2.24, 2.45) is 0 Å². The minimum atomic E-state index is -3.41. The molecule has 0 fully saturated rings. The van der Waals surface area contributed by atoms with E-state index in [0.29, 0.717) is 17.3 Å². The van der Waals surface area contributed by atoms with Crippen molar-refractivity contribution >= 4 is 10.1 Å². The number of nitrogens with zero attached hydrogens (tertiary/aromatic N) is 1. The highest BCUT2D eigenvalue weighted by atomic mass is 32.2. The SMILES string of the molecule is Cc1nc(COS(C)(=O)=O)c(C)o1. The number of rotatable bonds is 3. The van der Waals surface area contributed by atoms with Gasteiger partial charge in [0.25, 0.3) is 10.1 Å². The molecule has 1 rings (SSSR count). The van der Waals surface area contributed by atoms with E-state index in [9.17, 15) is 8.42 Å². The highest BCUT2D eigenvalue weighted by Crippen LogP contribution is 2.10. The summed E-state index contributed by atoms with van der Waals surface area (Å²) in [6.45, 7) is 3.33. The van der Waals surface area contributed by atoms with Gasteiger partial charge in [0.2, 0.25) is 0 Å². The van der Waals surface area contributed by atoms with E-state index in [1.165, 1.54) is 0 Å². The molecule has 0 spiro atoms. The van der Waals surface area contributed by atoms with Crippen molar-refractivity contribution in [2.75, 3.05) is 6.26 Å². The molecule has 0 aliphatic carbocycles. The molecule has 5 nitrogen and oxygen atoms in total. The maximum atomic E-state index is 10.6. The average Bonchev–Trinajstić information content (AvgIpc) is 2.24. The predicted molar refractivity (Wildman–Crippen MR) is 45.6 cm³/mol. The molecule has 1 heterocycles. The first-order valence-electron chi connectivity index (χ1n) is 3.66. The molecule has 0 radical (unpaired) electrons. The summed E-state index contributed by atoms with van der Waals surface area (Å²) < 4.78 is 30.9. The number of aromatic nitrogens is 1. The second kappa shape index (κ2) is 3.47. The van der Waals surface area contributed by atoms with Gasteiger partial charge < -0.3 is 4.42 Å². The van der Waals surface area contributed by atoms with E-state index in [-0.39, 0.29) is 6.61 Å². The van der Waals surface area contributed by atoms with Crippen molar-refractivity contribution in [1.82, 2.24) is 4.98 Å². The Kier molecular flexibility index (Phi) is 2.72. The van der Waals surface area contributed by atoms with Crippen LogP contribution in [0.3, 0.4) is 0 Å². The van der Waals surface area contributed by atoms with Crippen LogP contribution in [0.25, 0.3) is 0 Å². The molecule has 0 aliphatic heterocycles. The molecular weight excluding hydrogens is 194 g/mol. The number of hydrogen-bond donors (Lipinski definition) is 0. The zero-order valence-corrected chi connectivity index (χ0v) is 8.51. The first-order valence-corrected chi connectivity index (χ1v) is 5.47. The van der Waals surface area contributed by atoms with Gasteiger partial charge in [0, 0.05) is 6.92 Å². The summed E-state index contributed by atoms with van der Waals surface area (Å²) in [4.78, 5) is 3.96. The van der Waals surface area contributed by atoms with Gasteiger partial charge >= 0.3 is 0 Å². The van der Waals surface area contributed by atoms with Crippen molar-refractivity contribution in [3.8, 4) is 0 Å². The smallest absolute Gasteiger partial charge is 0.264 e. The zero-order valence-electron chi connectivity index (χ0n) is 7.70. The Morgan fingerprint density at radius 3 is 2.46 bits per heavy atom. The van der Waals surface area contributed by atoms with Gasteiger partial charge in [-0.05, 0) is 6.92 Å². The Hall–Kier alpha value is -0.880. The standard InChI is InChI=1S/C7H11NO4S/c1-5-7(8-6(2)12-5)4-11-13(3,9)10/h4H2,1-3H3. The summed E-state index contributed by atoms with van der Waals surface area (Å²) in [7, 11) is -3.41. The topological polar surface area (TPSA) is 69.4 Å². The van der Waals surface area contributed by atoms with E-state index < -0.39 is 10.1 Å². The second-order valence-corrected chi connectivity index (χ2v) is 4.35. The molecule has 0 aliphatic rings. The van der Waals surface area contributed by atoms with Crippen molar-refractivity contribution in [3.05, 3.63) is 17.3 Å². The lowest BCUT2D eigenvalue weighted by molar-refractivity contribution is 0.305. The van der Waals surface area contributed by atoms with Crippen LogP contribution >= 0.6 is 0 Å². The number of aryl methyl sites for hydroxylation is 2. The third-order valence-electron chi connectivity index (χ3n) is 1.41. The highest BCUT2D eigenvalue weighted by Gasteiger charge is 2.09. The monoisotopic (exact) mass is 205 g/mol. The molecular formula is C7H11NO4S. The summed E-state index contributed by atoms with van der Waals surface area (Å²) >= 11 is 0. The van der Waals surface area contributed by atoms with Crippen LogP contribution in [-0.2, 0) is 20.9 Å². The van der Waals surface area contributed by atoms with Crippen LogP contribution in [0.5, 0.6) is 0 Å². The molecule has 13 heavy (non-hydrogen) atoms. The second-order valence-electron chi connectivity index (χ2n) is 2.70. The fourth-order valence-electron chi connectivity index (χ4n) is 0.869. The van der Waals surface area contributed by atoms with Crippen LogP contribution in [0.4, 0.5) is 0 Å². The van der Waals surface area contributed by atoms with Gasteiger partial charge in [0.1, 0.15) is 18.1 Å². The summed E-state index contributed by atoms with van der Waals surface area (Å²) in [5, 5.41) is 0. The Balaban J connectivity index is 2.70. The van der Waals surface area contributed by atoms with Gasteiger partial charge in [-0.1, -0.05) is 0 Å². The van der Waals surface area contributed by atoms with E-state index in [4.69, 9.17) is 4.42 Å². The lowest BCUT2D eigenvalue weighted by Gasteiger charge is -1.97. The van der Waals surface area contributed by atoms with Gasteiger partial charge in [-0.3, -0.25) is 4.18 Å². The predicted octanol–water partition coefficient (Wildman–Crippen LogP) is 0.768. The quantitative estimate of drug-likeness (QED) is 0.681. The van der Waals surface area contributed by atoms with Crippen molar-refractivity contribution in [2.45, 2.75) is 20.5 Å². The third kappa shape index (κ3) is 3.16. The minimum absolute atomic E-state index is 0.0675. The van der Waals surface area contributed by atoms with E-state index in [0.717, 1.165) is 6.26 Å². The molecule has 0 amide bonds. The largest absolute Gasteiger partial charge is 0.446 e. The van der Waals surface area contributed by atoms with Crippen LogP contribution in [0, 0.1) is 13.8 Å². The molecule has 1 aromatic rings. The molecule has 0 aromatic carbocycles. The summed E-state index contributed by atoms with van der Waals surface area (Å²) in [6, 6.07) is 0. The van der Waals surface area contributed by atoms with E-state index in [2.05, 4.69) is 9.17 Å². The van der Waals surface area contributed by atoms with Crippen molar-refractivity contribution in [3.63, 3.8) is 0 Å². The molecule has 0 saturated heterocycles. The Morgan fingerprint density at radius 1 is 1.46 bits per heavy atom. The highest BCUT2D eigenvalue weighted by molar-refractivity contribution is 7.85. The van der Waals surface area contributed by atoms with Gasteiger partial charge in [-0.25, -0.2) is 4.98 Å². The van der Waals surface area contributed by atoms with Crippen molar-refractivity contribution < 1.29 is 17.0 Å². The third-order valence-corrected chi connectivity index (χ3v) is 1.96. The molecule has 0 saturated carbocycles. The molecule has 1 aromatic heterocycles. The maximum absolute atomic E-state index is 10.6. The zero-order chi connectivity index (χ0) is 10.1. The lowest BCUT2D eigenvalue weighted by Crippen LogP contribution is -2.03. The Morgan fingerprint density at radius 2 is 2.08 bits per heavy atom. The molecule has 0 unspecified atom stereocenters. The summed E-state index contributed by atoms with van der Waals surface area (Å²) in [5.41, 5.74) is 0.517. The lowest BCUT2D eigenvalue weighted by atomic mass is 10.4. The average molecular weight is 205 g/mol. The van der Waals surface area contributed by atoms with Crippen LogP contribution < -0.4 is 0 Å². The fourth-order valence-corrected chi connectivity index (χ4v) is 1.19. The van der Waals surface area contributed by atoms with Gasteiger partial charge in [0.15, 0.2) is 5.89 Å². The van der Waals surface area contributed by atoms with Crippen LogP contribution in [0.15, 0.2) is 4.42 Å². The van der Waals surface area contributed by atoms with Crippen LogP contribution in [-0.4, -0.2) is 19.7 Å². The van der Waals surface area contributed by atoms with Gasteiger partial charge in [-0.2, -0.15) is 8.42 Å². The maximum Gasteiger partial charge on any atom is 0.264 e. The fraction of sp³-hybridized carbons (Fsp3) is 0.571. The minimum Gasteiger partial charge on any atom is -0.446 e. The molecule has 6 heteroatoms. The van der Waals surface area contributed by atoms with E-state index in [1.54, 1.807) is 13.8 Å². The van der Waals surface area contributed by atoms with Gasteiger partial charge in [0.05, 0.1) is 6.26 Å². The molecule has 0 N–H and O–H groups in total.